The zero-order valence-electron chi connectivity index (χ0n) is 10.0. The summed E-state index contributed by atoms with van der Waals surface area (Å²) >= 11 is 0. The van der Waals surface area contributed by atoms with Crippen LogP contribution in [-0.4, -0.2) is 33.5 Å². The van der Waals surface area contributed by atoms with E-state index >= 15 is 0 Å². The van der Waals surface area contributed by atoms with E-state index < -0.39 is 10.1 Å². The fourth-order valence-electron chi connectivity index (χ4n) is 0.785. The number of hydrogen-bond acceptors (Lipinski definition) is 3. The largest absolute Gasteiger partial charge is 0.343 e. The Morgan fingerprint density at radius 2 is 1.62 bits per heavy atom. The highest BCUT2D eigenvalue weighted by Gasteiger charge is 2.14. The Hall–Kier alpha value is -1.36. The molecule has 16 heavy (non-hydrogen) atoms. The third-order valence-corrected chi connectivity index (χ3v) is 2.60. The van der Waals surface area contributed by atoms with E-state index in [0.29, 0.717) is 0 Å². The Bertz CT molecular complexity index is 420. The lowest BCUT2D eigenvalue weighted by atomic mass is 10.4. The van der Waals surface area contributed by atoms with Crippen LogP contribution in [0, 0.1) is 0 Å². The van der Waals surface area contributed by atoms with Crippen LogP contribution in [0.2, 0.25) is 0 Å². The van der Waals surface area contributed by atoms with E-state index in [0.717, 1.165) is 6.40 Å². The van der Waals surface area contributed by atoms with Gasteiger partial charge in [-0.1, -0.05) is 32.0 Å². The monoisotopic (exact) mass is 244 g/mol. The fraction of sp³-hybridized carbons (Fsp3) is 0.364. The van der Waals surface area contributed by atoms with Gasteiger partial charge in [0, 0.05) is 0 Å². The van der Waals surface area contributed by atoms with Crippen LogP contribution < -0.4 is 0 Å². The van der Waals surface area contributed by atoms with Crippen LogP contribution in [-0.2, 0) is 14.3 Å². The van der Waals surface area contributed by atoms with Gasteiger partial charge in [-0.05, 0) is 12.1 Å². The second-order valence-corrected chi connectivity index (χ2v) is 4.50. The lowest BCUT2D eigenvalue weighted by Gasteiger charge is -1.99. The molecule has 0 aliphatic carbocycles. The molecule has 4 nitrogen and oxygen atoms in total. The lowest BCUT2D eigenvalue weighted by Crippen LogP contribution is -2.10. The molecule has 1 rings (SSSR count). The molecule has 0 heterocycles. The second kappa shape index (κ2) is 7.00. The van der Waals surface area contributed by atoms with Gasteiger partial charge in [0.2, 0.25) is 0 Å². The van der Waals surface area contributed by atoms with Crippen LogP contribution in [0.3, 0.4) is 0 Å². The third-order valence-electron chi connectivity index (χ3n) is 1.41. The number of benzene rings is 1. The van der Waals surface area contributed by atoms with Crippen molar-refractivity contribution in [3.05, 3.63) is 30.3 Å². The highest BCUT2D eigenvalue weighted by molar-refractivity contribution is 7.87. The summed E-state index contributed by atoms with van der Waals surface area (Å²) in [5.41, 5.74) is 0. The van der Waals surface area contributed by atoms with Gasteiger partial charge in [-0.15, -0.1) is 0 Å². The Morgan fingerprint density at radius 1 is 1.12 bits per heavy atom. The highest BCUT2D eigenvalue weighted by atomic mass is 32.2. The van der Waals surface area contributed by atoms with E-state index in [1.54, 1.807) is 32.3 Å². The zero-order valence-corrected chi connectivity index (χ0v) is 10.9. The minimum Gasteiger partial charge on any atom is -0.326 e. The van der Waals surface area contributed by atoms with Gasteiger partial charge in [-0.2, -0.15) is 8.42 Å². The van der Waals surface area contributed by atoms with E-state index in [9.17, 15) is 8.42 Å². The van der Waals surface area contributed by atoms with E-state index in [4.69, 9.17) is 0 Å². The second-order valence-electron chi connectivity index (χ2n) is 2.93. The van der Waals surface area contributed by atoms with E-state index in [1.807, 2.05) is 13.8 Å². The van der Waals surface area contributed by atoms with Gasteiger partial charge in [-0.3, -0.25) is 0 Å². The van der Waals surface area contributed by atoms with Crippen molar-refractivity contribution in [3.63, 3.8) is 0 Å². The zero-order chi connectivity index (χ0) is 12.6. The van der Waals surface area contributed by atoms with Crippen LogP contribution in [0.25, 0.3) is 0 Å². The summed E-state index contributed by atoms with van der Waals surface area (Å²) in [6, 6.07) is 8.00. The highest BCUT2D eigenvalue weighted by Crippen LogP contribution is 2.09. The molecule has 90 valence electrons. The molecule has 0 aliphatic heterocycles. The van der Waals surface area contributed by atoms with Crippen molar-refractivity contribution >= 4 is 16.5 Å². The predicted molar refractivity (Wildman–Crippen MR) is 64.2 cm³/mol. The van der Waals surface area contributed by atoms with Crippen LogP contribution in [0.1, 0.15) is 13.8 Å². The van der Waals surface area contributed by atoms with Crippen LogP contribution in [0.4, 0.5) is 0 Å². The molecule has 0 radical (unpaired) electrons. The summed E-state index contributed by atoms with van der Waals surface area (Å²) in [4.78, 5) is 0.151. The first-order chi connectivity index (χ1) is 7.52. The Morgan fingerprint density at radius 3 is 2.06 bits per heavy atom. The van der Waals surface area contributed by atoms with Crippen molar-refractivity contribution in [2.24, 2.45) is 0 Å². The minimum absolute atomic E-state index is 0.151. The Balaban J connectivity index is 0.00000106. The maximum absolute atomic E-state index is 11.5. The maximum atomic E-state index is 11.5. The van der Waals surface area contributed by atoms with Crippen molar-refractivity contribution in [2.75, 3.05) is 14.1 Å². The summed E-state index contributed by atoms with van der Waals surface area (Å²) in [5, 5.41) is 0. The molecular weight excluding hydrogens is 226 g/mol. The standard InChI is InChI=1S/C9H12NO3S.C2H6/c1-10(2)8-13-14(11,12)9-6-4-3-5-7-9;1-2/h3-8H,1-2H3;1-2H3/q+1;. The molecule has 0 N–H and O–H groups in total. The van der Waals surface area contributed by atoms with Gasteiger partial charge < -0.3 is 4.18 Å². The maximum Gasteiger partial charge on any atom is 0.343 e. The summed E-state index contributed by atoms with van der Waals surface area (Å²) in [7, 11) is -0.290. The van der Waals surface area contributed by atoms with Gasteiger partial charge >= 0.3 is 16.5 Å². The molecule has 1 aromatic carbocycles. The topological polar surface area (TPSA) is 46.4 Å². The number of rotatable bonds is 3. The summed E-state index contributed by atoms with van der Waals surface area (Å²) < 4.78 is 29.1. The molecule has 0 amide bonds. The molecule has 5 heteroatoms. The fourth-order valence-corrected chi connectivity index (χ4v) is 1.67. The van der Waals surface area contributed by atoms with Crippen molar-refractivity contribution in [3.8, 4) is 0 Å². The average Bonchev–Trinajstić information content (AvgIpc) is 2.30. The molecule has 0 saturated heterocycles. The minimum atomic E-state index is -3.65. The van der Waals surface area contributed by atoms with Crippen LogP contribution in [0.5, 0.6) is 0 Å². The molecule has 0 bridgehead atoms. The van der Waals surface area contributed by atoms with Gasteiger partial charge in [0.1, 0.15) is 19.0 Å². The van der Waals surface area contributed by atoms with Crippen LogP contribution >= 0.6 is 0 Å². The smallest absolute Gasteiger partial charge is 0.326 e. The van der Waals surface area contributed by atoms with Crippen molar-refractivity contribution in [1.82, 2.24) is 0 Å². The Labute approximate surface area is 97.3 Å². The summed E-state index contributed by atoms with van der Waals surface area (Å²) in [5.74, 6) is 0. The van der Waals surface area contributed by atoms with Gasteiger partial charge in [-0.25, -0.2) is 4.58 Å². The predicted octanol–water partition coefficient (Wildman–Crippen LogP) is 1.72. The van der Waals surface area contributed by atoms with E-state index in [2.05, 4.69) is 4.18 Å². The average molecular weight is 244 g/mol. The SMILES string of the molecule is CC.C[N+](C)=COS(=O)(=O)c1ccccc1. The number of hydrogen-bond donors (Lipinski definition) is 0. The number of nitrogens with zero attached hydrogens (tertiary/aromatic N) is 1. The molecule has 0 fully saturated rings. The molecule has 0 aliphatic rings. The van der Waals surface area contributed by atoms with Gasteiger partial charge in [0.15, 0.2) is 0 Å². The molecule has 0 atom stereocenters. The first kappa shape index (κ1) is 14.6. The quantitative estimate of drug-likeness (QED) is 0.352. The normalized spacial score (nSPS) is 9.75. The molecule has 0 aromatic heterocycles. The lowest BCUT2D eigenvalue weighted by molar-refractivity contribution is -0.466. The molecular formula is C11H18NO3S+. The molecule has 0 saturated carbocycles. The first-order valence-corrected chi connectivity index (χ1v) is 6.41. The van der Waals surface area contributed by atoms with Crippen molar-refractivity contribution < 1.29 is 17.2 Å². The van der Waals surface area contributed by atoms with Crippen molar-refractivity contribution in [2.45, 2.75) is 18.7 Å². The first-order valence-electron chi connectivity index (χ1n) is 5.00. The molecule has 1 aromatic rings. The van der Waals surface area contributed by atoms with E-state index in [1.165, 1.54) is 16.7 Å². The molecule has 0 spiro atoms. The Kier molecular flexibility index (Phi) is 6.41. The van der Waals surface area contributed by atoms with Crippen LogP contribution in [0.15, 0.2) is 35.2 Å². The van der Waals surface area contributed by atoms with Crippen molar-refractivity contribution in [1.29, 1.82) is 0 Å². The summed E-state index contributed by atoms with van der Waals surface area (Å²) in [6.07, 6.45) is 1.14. The molecule has 0 unspecified atom stereocenters. The van der Waals surface area contributed by atoms with Gasteiger partial charge in [0.25, 0.3) is 0 Å². The van der Waals surface area contributed by atoms with Gasteiger partial charge in [0.05, 0.1) is 0 Å². The summed E-state index contributed by atoms with van der Waals surface area (Å²) in [6.45, 7) is 4.00. The van der Waals surface area contributed by atoms with E-state index in [-0.39, 0.29) is 4.90 Å². The third kappa shape index (κ3) is 4.93.